The lowest BCUT2D eigenvalue weighted by Gasteiger charge is -2.34. The number of methoxy groups -OCH3 is 1. The van der Waals surface area contributed by atoms with E-state index in [1.54, 1.807) is 12.1 Å². The summed E-state index contributed by atoms with van der Waals surface area (Å²) in [4.78, 5) is 25.9. The Morgan fingerprint density at radius 2 is 2.00 bits per heavy atom. The molecular weight excluding hydrogens is 339 g/mol. The quantitative estimate of drug-likeness (QED) is 0.848. The molecule has 1 aromatic carbocycles. The van der Waals surface area contributed by atoms with E-state index in [-0.39, 0.29) is 37.1 Å². The number of hydrogen-bond acceptors (Lipinski definition) is 3. The predicted octanol–water partition coefficient (Wildman–Crippen LogP) is 2.89. The Balaban J connectivity index is 2.32. The summed E-state index contributed by atoms with van der Waals surface area (Å²) < 4.78 is 42.5. The SMILES string of the molecule is COCC1(C(=O)O)CCCN1C(=O)c1ccccc1CCC(F)(F)F. The fourth-order valence-electron chi connectivity index (χ4n) is 3.22. The van der Waals surface area contributed by atoms with Gasteiger partial charge in [-0.3, -0.25) is 4.79 Å². The molecule has 1 unspecified atom stereocenters. The fraction of sp³-hybridized carbons (Fsp3) is 0.529. The molecule has 138 valence electrons. The van der Waals surface area contributed by atoms with Crippen molar-refractivity contribution in [2.75, 3.05) is 20.3 Å². The molecule has 1 atom stereocenters. The third-order valence-corrected chi connectivity index (χ3v) is 4.44. The summed E-state index contributed by atoms with van der Waals surface area (Å²) in [5.74, 6) is -1.75. The second-order valence-electron chi connectivity index (χ2n) is 6.10. The van der Waals surface area contributed by atoms with Gasteiger partial charge in [0.15, 0.2) is 5.54 Å². The predicted molar refractivity (Wildman–Crippen MR) is 83.3 cm³/mol. The smallest absolute Gasteiger partial charge is 0.389 e. The summed E-state index contributed by atoms with van der Waals surface area (Å²) in [5, 5.41) is 9.62. The number of nitrogens with zero attached hydrogens (tertiary/aromatic N) is 1. The minimum atomic E-state index is -4.33. The van der Waals surface area contributed by atoms with Gasteiger partial charge in [-0.2, -0.15) is 13.2 Å². The second-order valence-corrected chi connectivity index (χ2v) is 6.10. The molecule has 0 bridgehead atoms. The first-order valence-electron chi connectivity index (χ1n) is 7.90. The van der Waals surface area contributed by atoms with E-state index in [2.05, 4.69) is 0 Å². The van der Waals surface area contributed by atoms with Crippen molar-refractivity contribution in [3.05, 3.63) is 35.4 Å². The van der Waals surface area contributed by atoms with Crippen LogP contribution in [0.4, 0.5) is 13.2 Å². The van der Waals surface area contributed by atoms with Crippen LogP contribution >= 0.6 is 0 Å². The van der Waals surface area contributed by atoms with Crippen molar-refractivity contribution in [3.63, 3.8) is 0 Å². The number of likely N-dealkylation sites (tertiary alicyclic amines) is 1. The van der Waals surface area contributed by atoms with Crippen LogP contribution in [0.2, 0.25) is 0 Å². The number of amides is 1. The molecule has 25 heavy (non-hydrogen) atoms. The molecule has 2 rings (SSSR count). The Morgan fingerprint density at radius 1 is 1.32 bits per heavy atom. The summed E-state index contributed by atoms with van der Waals surface area (Å²) in [6, 6.07) is 6.02. The summed E-state index contributed by atoms with van der Waals surface area (Å²) in [5.41, 5.74) is -1.12. The van der Waals surface area contributed by atoms with E-state index in [0.717, 1.165) is 0 Å². The van der Waals surface area contributed by atoms with Gasteiger partial charge in [0.2, 0.25) is 0 Å². The van der Waals surface area contributed by atoms with Crippen molar-refractivity contribution in [3.8, 4) is 0 Å². The molecule has 0 aromatic heterocycles. The van der Waals surface area contributed by atoms with Crippen LogP contribution in [0.5, 0.6) is 0 Å². The lowest BCUT2D eigenvalue weighted by Crippen LogP contribution is -2.56. The highest BCUT2D eigenvalue weighted by atomic mass is 19.4. The summed E-state index contributed by atoms with van der Waals surface area (Å²) in [7, 11) is 1.35. The van der Waals surface area contributed by atoms with Crippen molar-refractivity contribution < 1.29 is 32.6 Å². The van der Waals surface area contributed by atoms with Gasteiger partial charge in [0, 0.05) is 25.6 Å². The molecule has 1 heterocycles. The second kappa shape index (κ2) is 7.43. The Labute approximate surface area is 143 Å². The standard InChI is InChI=1S/C17H20F3NO4/c1-25-11-16(15(23)24)8-4-10-21(16)14(22)13-6-3-2-5-12(13)7-9-17(18,19)20/h2-3,5-6H,4,7-11H2,1H3,(H,23,24). The maximum Gasteiger partial charge on any atom is 0.389 e. The third-order valence-electron chi connectivity index (χ3n) is 4.44. The first kappa shape index (κ1) is 19.2. The van der Waals surface area contributed by atoms with Gasteiger partial charge >= 0.3 is 12.1 Å². The molecule has 5 nitrogen and oxygen atoms in total. The average Bonchev–Trinajstić information content (AvgIpc) is 2.97. The van der Waals surface area contributed by atoms with Crippen LogP contribution in [-0.4, -0.2) is 53.9 Å². The number of carbonyl (C=O) groups is 2. The lowest BCUT2D eigenvalue weighted by atomic mass is 9.95. The van der Waals surface area contributed by atoms with Crippen LogP contribution in [0.25, 0.3) is 0 Å². The Hall–Kier alpha value is -2.09. The maximum absolute atomic E-state index is 12.9. The first-order valence-corrected chi connectivity index (χ1v) is 7.90. The van der Waals surface area contributed by atoms with E-state index in [4.69, 9.17) is 4.74 Å². The number of aliphatic carboxylic acids is 1. The molecule has 1 aliphatic rings. The molecular formula is C17H20F3NO4. The van der Waals surface area contributed by atoms with Gasteiger partial charge < -0.3 is 14.7 Å². The lowest BCUT2D eigenvalue weighted by molar-refractivity contribution is -0.151. The zero-order valence-electron chi connectivity index (χ0n) is 13.8. The van der Waals surface area contributed by atoms with Crippen LogP contribution in [0.1, 0.15) is 35.2 Å². The third kappa shape index (κ3) is 4.12. The molecule has 1 amide bonds. The maximum atomic E-state index is 12.9. The van der Waals surface area contributed by atoms with E-state index in [9.17, 15) is 27.9 Å². The van der Waals surface area contributed by atoms with E-state index < -0.39 is 30.0 Å². The molecule has 1 N–H and O–H groups in total. The van der Waals surface area contributed by atoms with Crippen molar-refractivity contribution in [1.82, 2.24) is 4.90 Å². The molecule has 0 radical (unpaired) electrons. The highest BCUT2D eigenvalue weighted by molar-refractivity contribution is 5.99. The molecule has 1 aromatic rings. The molecule has 0 saturated carbocycles. The van der Waals surface area contributed by atoms with Gasteiger partial charge in [-0.15, -0.1) is 0 Å². The summed E-state index contributed by atoms with van der Waals surface area (Å²) in [6.45, 7) is 0.0564. The first-order chi connectivity index (χ1) is 11.7. The van der Waals surface area contributed by atoms with Crippen LogP contribution in [0.15, 0.2) is 24.3 Å². The molecule has 0 spiro atoms. The average molecular weight is 359 g/mol. The van der Waals surface area contributed by atoms with E-state index >= 15 is 0 Å². The topological polar surface area (TPSA) is 66.8 Å². The number of hydrogen-bond donors (Lipinski definition) is 1. The van der Waals surface area contributed by atoms with Gasteiger partial charge in [0.05, 0.1) is 6.61 Å². The van der Waals surface area contributed by atoms with Gasteiger partial charge in [-0.05, 0) is 30.9 Å². The molecule has 1 saturated heterocycles. The minimum absolute atomic E-state index is 0.107. The van der Waals surface area contributed by atoms with Crippen molar-refractivity contribution in [2.24, 2.45) is 0 Å². The number of rotatable bonds is 6. The highest BCUT2D eigenvalue weighted by Gasteiger charge is 2.50. The highest BCUT2D eigenvalue weighted by Crippen LogP contribution is 2.33. The van der Waals surface area contributed by atoms with Gasteiger partial charge in [0.1, 0.15) is 0 Å². The summed E-state index contributed by atoms with van der Waals surface area (Å²) >= 11 is 0. The van der Waals surface area contributed by atoms with E-state index in [1.165, 1.54) is 24.1 Å². The number of halogens is 3. The Kier molecular flexibility index (Phi) is 5.72. The van der Waals surface area contributed by atoms with Crippen molar-refractivity contribution >= 4 is 11.9 Å². The number of carbonyl (C=O) groups excluding carboxylic acids is 1. The number of benzene rings is 1. The van der Waals surface area contributed by atoms with E-state index in [1.807, 2.05) is 0 Å². The van der Waals surface area contributed by atoms with Crippen LogP contribution in [0, 0.1) is 0 Å². The largest absolute Gasteiger partial charge is 0.479 e. The minimum Gasteiger partial charge on any atom is -0.479 e. The van der Waals surface area contributed by atoms with Gasteiger partial charge in [-0.1, -0.05) is 18.2 Å². The van der Waals surface area contributed by atoms with Crippen LogP contribution < -0.4 is 0 Å². The van der Waals surface area contributed by atoms with Gasteiger partial charge in [-0.25, -0.2) is 4.79 Å². The number of alkyl halides is 3. The molecule has 1 fully saturated rings. The zero-order chi connectivity index (χ0) is 18.7. The molecule has 8 heteroatoms. The zero-order valence-corrected chi connectivity index (χ0v) is 13.8. The van der Waals surface area contributed by atoms with Crippen molar-refractivity contribution in [1.29, 1.82) is 0 Å². The fourth-order valence-corrected chi connectivity index (χ4v) is 3.22. The van der Waals surface area contributed by atoms with E-state index in [0.29, 0.717) is 6.42 Å². The number of carboxylic acid groups (broad SMARTS) is 1. The normalized spacial score (nSPS) is 20.7. The Bertz CT molecular complexity index is 647. The van der Waals surface area contributed by atoms with Crippen LogP contribution in [-0.2, 0) is 16.0 Å². The Morgan fingerprint density at radius 3 is 2.60 bits per heavy atom. The van der Waals surface area contributed by atoms with Gasteiger partial charge in [0.25, 0.3) is 5.91 Å². The number of carboxylic acids is 1. The number of aryl methyl sites for hydroxylation is 1. The summed E-state index contributed by atoms with van der Waals surface area (Å²) in [6.07, 6.45) is -4.97. The number of ether oxygens (including phenoxy) is 1. The van der Waals surface area contributed by atoms with Crippen molar-refractivity contribution in [2.45, 2.75) is 37.4 Å². The molecule has 0 aliphatic carbocycles. The molecule has 1 aliphatic heterocycles. The monoisotopic (exact) mass is 359 g/mol. The van der Waals surface area contributed by atoms with Crippen LogP contribution in [0.3, 0.4) is 0 Å².